The lowest BCUT2D eigenvalue weighted by molar-refractivity contribution is -0.384. The molecule has 0 saturated carbocycles. The van der Waals surface area contributed by atoms with E-state index in [0.29, 0.717) is 12.2 Å². The summed E-state index contributed by atoms with van der Waals surface area (Å²) in [6, 6.07) is 10.2. The van der Waals surface area contributed by atoms with Crippen LogP contribution in [0.4, 0.5) is 11.4 Å². The molecule has 0 bridgehead atoms. The second-order valence-electron chi connectivity index (χ2n) is 4.46. The first kappa shape index (κ1) is 13.5. The Morgan fingerprint density at radius 2 is 2.00 bits per heavy atom. The van der Waals surface area contributed by atoms with Crippen LogP contribution in [-0.4, -0.2) is 11.7 Å². The van der Waals surface area contributed by atoms with Gasteiger partial charge >= 0.3 is 0 Å². The van der Waals surface area contributed by atoms with Crippen LogP contribution >= 0.6 is 11.6 Å². The largest absolute Gasteiger partial charge is 0.454 e. The van der Waals surface area contributed by atoms with Crippen molar-refractivity contribution < 1.29 is 14.4 Å². The summed E-state index contributed by atoms with van der Waals surface area (Å²) in [5, 5.41) is 14.0. The standard InChI is InChI=1S/C14H11ClN2O4/c15-11-6-10(2-3-12(11)17(18)19)16-7-9-1-4-13-14(5-9)21-8-20-13/h1-6,16H,7-8H2. The molecule has 2 aromatic carbocycles. The molecular weight excluding hydrogens is 296 g/mol. The van der Waals surface area contributed by atoms with E-state index in [1.165, 1.54) is 12.1 Å². The van der Waals surface area contributed by atoms with Gasteiger partial charge in [0.2, 0.25) is 6.79 Å². The number of hydrogen-bond donors (Lipinski definition) is 1. The summed E-state index contributed by atoms with van der Waals surface area (Å²) >= 11 is 5.86. The molecule has 2 aromatic rings. The first-order chi connectivity index (χ1) is 10.1. The van der Waals surface area contributed by atoms with Gasteiger partial charge in [0.25, 0.3) is 5.69 Å². The SMILES string of the molecule is O=[N+]([O-])c1ccc(NCc2ccc3c(c2)OCO3)cc1Cl. The summed E-state index contributed by atoms with van der Waals surface area (Å²) in [7, 11) is 0. The van der Waals surface area contributed by atoms with Crippen molar-refractivity contribution in [3.63, 3.8) is 0 Å². The lowest BCUT2D eigenvalue weighted by atomic mass is 10.2. The predicted molar refractivity (Wildman–Crippen MR) is 78.0 cm³/mol. The van der Waals surface area contributed by atoms with E-state index in [1.807, 2.05) is 18.2 Å². The van der Waals surface area contributed by atoms with Gasteiger partial charge in [-0.2, -0.15) is 0 Å². The quantitative estimate of drug-likeness (QED) is 0.690. The number of rotatable bonds is 4. The van der Waals surface area contributed by atoms with Crippen molar-refractivity contribution in [1.29, 1.82) is 0 Å². The Kier molecular flexibility index (Phi) is 3.53. The predicted octanol–water partition coefficient (Wildman–Crippen LogP) is 3.59. The highest BCUT2D eigenvalue weighted by Crippen LogP contribution is 2.33. The zero-order valence-corrected chi connectivity index (χ0v) is 11.6. The van der Waals surface area contributed by atoms with Crippen molar-refractivity contribution >= 4 is 23.0 Å². The van der Waals surface area contributed by atoms with Crippen LogP contribution in [0.25, 0.3) is 0 Å². The number of nitrogens with one attached hydrogen (secondary N) is 1. The summed E-state index contributed by atoms with van der Waals surface area (Å²) in [4.78, 5) is 10.2. The number of nitro benzene ring substituents is 1. The van der Waals surface area contributed by atoms with Gasteiger partial charge in [-0.15, -0.1) is 0 Å². The van der Waals surface area contributed by atoms with Gasteiger partial charge in [-0.25, -0.2) is 0 Å². The maximum atomic E-state index is 10.7. The van der Waals surface area contributed by atoms with Gasteiger partial charge in [-0.05, 0) is 29.8 Å². The molecule has 0 atom stereocenters. The Hall–Kier alpha value is -2.47. The lowest BCUT2D eigenvalue weighted by Crippen LogP contribution is -2.00. The minimum atomic E-state index is -0.510. The fourth-order valence-electron chi connectivity index (χ4n) is 2.02. The highest BCUT2D eigenvalue weighted by atomic mass is 35.5. The summed E-state index contributed by atoms with van der Waals surface area (Å²) in [6.07, 6.45) is 0. The monoisotopic (exact) mass is 306 g/mol. The number of ether oxygens (including phenoxy) is 2. The van der Waals surface area contributed by atoms with Gasteiger partial charge < -0.3 is 14.8 Å². The van der Waals surface area contributed by atoms with Gasteiger partial charge in [-0.3, -0.25) is 10.1 Å². The molecule has 7 heteroatoms. The molecule has 0 aliphatic carbocycles. The Morgan fingerprint density at radius 3 is 2.76 bits per heavy atom. The maximum Gasteiger partial charge on any atom is 0.288 e. The zero-order valence-electron chi connectivity index (χ0n) is 10.8. The van der Waals surface area contributed by atoms with Crippen molar-refractivity contribution in [2.45, 2.75) is 6.54 Å². The van der Waals surface area contributed by atoms with E-state index >= 15 is 0 Å². The number of nitrogens with zero attached hydrogens (tertiary/aromatic N) is 1. The van der Waals surface area contributed by atoms with Crippen molar-refractivity contribution in [1.82, 2.24) is 0 Å². The van der Waals surface area contributed by atoms with E-state index in [4.69, 9.17) is 21.1 Å². The van der Waals surface area contributed by atoms with Crippen LogP contribution in [0.5, 0.6) is 11.5 Å². The Bertz CT molecular complexity index is 705. The van der Waals surface area contributed by atoms with Crippen LogP contribution in [0.1, 0.15) is 5.56 Å². The molecule has 0 spiro atoms. The van der Waals surface area contributed by atoms with E-state index in [-0.39, 0.29) is 17.5 Å². The Balaban J connectivity index is 1.70. The number of anilines is 1. The number of hydrogen-bond acceptors (Lipinski definition) is 5. The zero-order chi connectivity index (χ0) is 14.8. The van der Waals surface area contributed by atoms with Crippen molar-refractivity contribution in [3.8, 4) is 11.5 Å². The van der Waals surface area contributed by atoms with Gasteiger partial charge in [0, 0.05) is 18.3 Å². The molecular formula is C14H11ClN2O4. The maximum absolute atomic E-state index is 10.7. The molecule has 0 fully saturated rings. The Morgan fingerprint density at radius 1 is 1.19 bits per heavy atom. The average Bonchev–Trinajstić information content (AvgIpc) is 2.92. The smallest absolute Gasteiger partial charge is 0.288 e. The Labute approximate surface area is 125 Å². The summed E-state index contributed by atoms with van der Waals surface area (Å²) in [6.45, 7) is 0.787. The van der Waals surface area contributed by atoms with Crippen LogP contribution in [0, 0.1) is 10.1 Å². The molecule has 0 saturated heterocycles. The van der Waals surface area contributed by atoms with Gasteiger partial charge in [0.05, 0.1) is 4.92 Å². The van der Waals surface area contributed by atoms with Crippen molar-refractivity contribution in [2.75, 3.05) is 12.1 Å². The molecule has 0 radical (unpaired) electrons. The molecule has 6 nitrogen and oxygen atoms in total. The van der Waals surface area contributed by atoms with Crippen LogP contribution < -0.4 is 14.8 Å². The fourth-order valence-corrected chi connectivity index (χ4v) is 2.27. The first-order valence-electron chi connectivity index (χ1n) is 6.20. The molecule has 108 valence electrons. The lowest BCUT2D eigenvalue weighted by Gasteiger charge is -2.08. The van der Waals surface area contributed by atoms with Crippen LogP contribution in [0.2, 0.25) is 5.02 Å². The molecule has 0 unspecified atom stereocenters. The third kappa shape index (κ3) is 2.85. The second-order valence-corrected chi connectivity index (χ2v) is 4.87. The van der Waals surface area contributed by atoms with E-state index in [2.05, 4.69) is 5.32 Å². The summed E-state index contributed by atoms with van der Waals surface area (Å²) in [5.74, 6) is 1.45. The van der Waals surface area contributed by atoms with Crippen LogP contribution in [0.15, 0.2) is 36.4 Å². The third-order valence-electron chi connectivity index (χ3n) is 3.08. The van der Waals surface area contributed by atoms with E-state index in [0.717, 1.165) is 17.1 Å². The highest BCUT2D eigenvalue weighted by molar-refractivity contribution is 6.32. The number of benzene rings is 2. The normalized spacial score (nSPS) is 12.2. The summed E-state index contributed by atoms with van der Waals surface area (Å²) < 4.78 is 10.5. The number of fused-ring (bicyclic) bond motifs is 1. The molecule has 0 amide bonds. The van der Waals surface area contributed by atoms with E-state index in [9.17, 15) is 10.1 Å². The minimum absolute atomic E-state index is 0.106. The topological polar surface area (TPSA) is 73.6 Å². The highest BCUT2D eigenvalue weighted by Gasteiger charge is 2.14. The fraction of sp³-hybridized carbons (Fsp3) is 0.143. The van der Waals surface area contributed by atoms with Crippen molar-refractivity contribution in [3.05, 3.63) is 57.1 Å². The molecule has 1 heterocycles. The van der Waals surface area contributed by atoms with Gasteiger partial charge in [-0.1, -0.05) is 17.7 Å². The molecule has 21 heavy (non-hydrogen) atoms. The molecule has 0 aromatic heterocycles. The third-order valence-corrected chi connectivity index (χ3v) is 3.38. The molecule has 1 aliphatic rings. The number of halogens is 1. The van der Waals surface area contributed by atoms with Crippen LogP contribution in [-0.2, 0) is 6.54 Å². The first-order valence-corrected chi connectivity index (χ1v) is 6.57. The molecule has 1 aliphatic heterocycles. The van der Waals surface area contributed by atoms with E-state index in [1.54, 1.807) is 6.07 Å². The van der Waals surface area contributed by atoms with Crippen LogP contribution in [0.3, 0.4) is 0 Å². The second kappa shape index (κ2) is 5.49. The van der Waals surface area contributed by atoms with Gasteiger partial charge in [0.1, 0.15) is 5.02 Å². The van der Waals surface area contributed by atoms with Gasteiger partial charge in [0.15, 0.2) is 11.5 Å². The summed E-state index contributed by atoms with van der Waals surface area (Å²) in [5.41, 5.74) is 1.61. The molecule has 1 N–H and O–H groups in total. The van der Waals surface area contributed by atoms with E-state index < -0.39 is 4.92 Å². The number of nitro groups is 1. The average molecular weight is 307 g/mol. The van der Waals surface area contributed by atoms with Crippen molar-refractivity contribution in [2.24, 2.45) is 0 Å². The molecule has 3 rings (SSSR count). The minimum Gasteiger partial charge on any atom is -0.454 e.